The van der Waals surface area contributed by atoms with Crippen LogP contribution >= 0.6 is 0 Å². The lowest BCUT2D eigenvalue weighted by Gasteiger charge is -2.37. The molecule has 4 nitrogen and oxygen atoms in total. The Balaban J connectivity index is 1.23. The Morgan fingerprint density at radius 1 is 0.680 bits per heavy atom. The van der Waals surface area contributed by atoms with E-state index >= 15 is 0 Å². The number of hydrogen-bond donors (Lipinski definition) is 1. The van der Waals surface area contributed by atoms with Crippen molar-refractivity contribution in [1.82, 2.24) is 0 Å². The third-order valence-corrected chi connectivity index (χ3v) is 9.69. The molecule has 1 atom stereocenters. The zero-order valence-electron chi connectivity index (χ0n) is 27.8. The van der Waals surface area contributed by atoms with Crippen LogP contribution in [0.15, 0.2) is 186 Å². The van der Waals surface area contributed by atoms with Gasteiger partial charge in [0.2, 0.25) is 7.28 Å². The van der Waals surface area contributed by atoms with Gasteiger partial charge in [-0.1, -0.05) is 103 Å². The van der Waals surface area contributed by atoms with Crippen molar-refractivity contribution in [2.45, 2.75) is 19.3 Å². The van der Waals surface area contributed by atoms with E-state index in [-0.39, 0.29) is 5.92 Å². The third-order valence-electron chi connectivity index (χ3n) is 9.69. The minimum Gasteiger partial charge on any atom is -0.440 e. The van der Waals surface area contributed by atoms with E-state index in [1.165, 1.54) is 22.3 Å². The summed E-state index contributed by atoms with van der Waals surface area (Å²) in [5, 5.41) is 4.95. The Morgan fingerprint density at radius 2 is 1.30 bits per heavy atom. The first-order valence-corrected chi connectivity index (χ1v) is 17.2. The first-order chi connectivity index (χ1) is 24.7. The number of anilines is 6. The standard InChI is InChI=1S/C45H35BN3O/c1-31-28-39(43-41(29-31)49(35-22-12-5-13-23-35)45-44(46-43)37-24-14-15-25-42(37)50-45)38-30-36(26-27-40(38)47-32-16-6-2-7-17-32)48(33-18-8-3-9-19-33)34-20-10-4-11-21-34/h2-29,38,47H,30H2,1H3. The molecule has 0 saturated heterocycles. The fourth-order valence-electron chi connectivity index (χ4n) is 7.47. The molecule has 50 heavy (non-hydrogen) atoms. The van der Waals surface area contributed by atoms with Crippen LogP contribution in [0.1, 0.15) is 23.5 Å². The molecule has 5 heteroatoms. The minimum absolute atomic E-state index is 0.0346. The van der Waals surface area contributed by atoms with Gasteiger partial charge in [0, 0.05) is 57.6 Å². The maximum Gasteiger partial charge on any atom is 0.202 e. The van der Waals surface area contributed by atoms with Crippen molar-refractivity contribution >= 4 is 63.5 Å². The van der Waals surface area contributed by atoms with E-state index in [0.717, 1.165) is 62.9 Å². The van der Waals surface area contributed by atoms with Crippen LogP contribution in [0.2, 0.25) is 0 Å². The molecule has 6 aromatic carbocycles. The maximum atomic E-state index is 6.64. The van der Waals surface area contributed by atoms with Crippen LogP contribution in [-0.4, -0.2) is 7.28 Å². The summed E-state index contributed by atoms with van der Waals surface area (Å²) < 4.78 is 6.64. The van der Waals surface area contributed by atoms with E-state index in [1.807, 2.05) is 6.07 Å². The summed E-state index contributed by atoms with van der Waals surface area (Å²) in [4.78, 5) is 4.70. The largest absolute Gasteiger partial charge is 0.440 e. The molecule has 239 valence electrons. The van der Waals surface area contributed by atoms with Crippen molar-refractivity contribution in [2.75, 3.05) is 15.1 Å². The lowest BCUT2D eigenvalue weighted by atomic mass is 9.57. The summed E-state index contributed by atoms with van der Waals surface area (Å²) in [6, 6.07) is 55.5. The molecule has 1 unspecified atom stereocenters. The SMILES string of the molecule is Cc1cc(C2CC(N(c3ccccc3)c3ccccc3)=CC=C2Nc2ccccc2)c2c(c1)N(c1ccccc1)c1oc3ccccc3c1[B]2. The molecule has 1 aromatic heterocycles. The second-order valence-corrected chi connectivity index (χ2v) is 13.0. The van der Waals surface area contributed by atoms with Gasteiger partial charge in [0.15, 0.2) is 5.88 Å². The van der Waals surface area contributed by atoms with E-state index in [9.17, 15) is 0 Å². The zero-order valence-corrected chi connectivity index (χ0v) is 27.8. The van der Waals surface area contributed by atoms with Crippen molar-refractivity contribution in [3.63, 3.8) is 0 Å². The number of rotatable bonds is 7. The summed E-state index contributed by atoms with van der Waals surface area (Å²) in [7, 11) is 2.36. The molecule has 0 spiro atoms. The molecule has 0 bridgehead atoms. The van der Waals surface area contributed by atoms with Crippen LogP contribution in [0, 0.1) is 6.92 Å². The molecular weight excluding hydrogens is 609 g/mol. The first-order valence-electron chi connectivity index (χ1n) is 17.2. The normalized spacial score (nSPS) is 15.0. The van der Waals surface area contributed by atoms with E-state index in [4.69, 9.17) is 4.42 Å². The molecule has 1 aliphatic heterocycles. The number of benzene rings is 6. The quantitative estimate of drug-likeness (QED) is 0.175. The average molecular weight is 645 g/mol. The van der Waals surface area contributed by atoms with Gasteiger partial charge in [-0.2, -0.15) is 0 Å². The van der Waals surface area contributed by atoms with Crippen molar-refractivity contribution in [3.8, 4) is 0 Å². The highest BCUT2D eigenvalue weighted by Gasteiger charge is 2.35. The number of nitrogens with zero attached hydrogens (tertiary/aromatic N) is 2. The molecule has 7 aromatic rings. The topological polar surface area (TPSA) is 31.6 Å². The molecule has 2 heterocycles. The predicted molar refractivity (Wildman–Crippen MR) is 209 cm³/mol. The molecule has 1 radical (unpaired) electrons. The number of hydrogen-bond acceptors (Lipinski definition) is 4. The molecule has 0 amide bonds. The monoisotopic (exact) mass is 644 g/mol. The number of furan rings is 1. The number of nitrogens with one attached hydrogen (secondary N) is 1. The van der Waals surface area contributed by atoms with Crippen LogP contribution < -0.4 is 26.0 Å². The smallest absolute Gasteiger partial charge is 0.202 e. The first kappa shape index (κ1) is 29.9. The lowest BCUT2D eigenvalue weighted by molar-refractivity contribution is 0.622. The Hall–Kier alpha value is -6.20. The Morgan fingerprint density at radius 3 is 2.00 bits per heavy atom. The molecule has 1 aliphatic carbocycles. The summed E-state index contributed by atoms with van der Waals surface area (Å²) >= 11 is 0. The average Bonchev–Trinajstić information content (AvgIpc) is 3.54. The van der Waals surface area contributed by atoms with E-state index < -0.39 is 0 Å². The van der Waals surface area contributed by atoms with Gasteiger partial charge < -0.3 is 14.6 Å². The van der Waals surface area contributed by atoms with Crippen LogP contribution in [0.25, 0.3) is 11.0 Å². The van der Waals surface area contributed by atoms with Gasteiger partial charge in [0.1, 0.15) is 5.58 Å². The van der Waals surface area contributed by atoms with Crippen molar-refractivity contribution in [1.29, 1.82) is 0 Å². The summed E-state index contributed by atoms with van der Waals surface area (Å²) in [6.45, 7) is 2.20. The van der Waals surface area contributed by atoms with Gasteiger partial charge >= 0.3 is 0 Å². The van der Waals surface area contributed by atoms with Gasteiger partial charge in [-0.3, -0.25) is 4.90 Å². The Bertz CT molecular complexity index is 2330. The fraction of sp³-hybridized carbons (Fsp3) is 0.0667. The van der Waals surface area contributed by atoms with E-state index in [0.29, 0.717) is 0 Å². The van der Waals surface area contributed by atoms with Gasteiger partial charge in [0.05, 0.1) is 0 Å². The van der Waals surface area contributed by atoms with Crippen molar-refractivity contribution in [2.24, 2.45) is 0 Å². The highest BCUT2D eigenvalue weighted by molar-refractivity contribution is 6.74. The molecule has 9 rings (SSSR count). The summed E-state index contributed by atoms with van der Waals surface area (Å²) in [6.07, 6.45) is 5.36. The second kappa shape index (κ2) is 12.7. The van der Waals surface area contributed by atoms with E-state index in [1.54, 1.807) is 0 Å². The fourth-order valence-corrected chi connectivity index (χ4v) is 7.47. The Kier molecular flexibility index (Phi) is 7.59. The molecule has 2 aliphatic rings. The summed E-state index contributed by atoms with van der Waals surface area (Å²) in [5.74, 6) is 0.885. The number of para-hydroxylation sites is 5. The Labute approximate surface area is 293 Å². The number of aryl methyl sites for hydroxylation is 1. The highest BCUT2D eigenvalue weighted by atomic mass is 16.4. The second-order valence-electron chi connectivity index (χ2n) is 13.0. The molecule has 0 fully saturated rings. The van der Waals surface area contributed by atoms with Crippen LogP contribution in [0.3, 0.4) is 0 Å². The highest BCUT2D eigenvalue weighted by Crippen LogP contribution is 2.44. The summed E-state index contributed by atoms with van der Waals surface area (Å²) in [5.41, 5.74) is 13.6. The maximum absolute atomic E-state index is 6.64. The van der Waals surface area contributed by atoms with Crippen LogP contribution in [0.5, 0.6) is 0 Å². The van der Waals surface area contributed by atoms with Crippen LogP contribution in [-0.2, 0) is 0 Å². The van der Waals surface area contributed by atoms with Gasteiger partial charge in [-0.15, -0.1) is 0 Å². The minimum atomic E-state index is 0.0346. The molecule has 0 saturated carbocycles. The van der Waals surface area contributed by atoms with Crippen molar-refractivity contribution < 1.29 is 4.42 Å². The van der Waals surface area contributed by atoms with Crippen LogP contribution in [0.4, 0.5) is 34.3 Å². The molecular formula is C45H35BN3O. The lowest BCUT2D eigenvalue weighted by Crippen LogP contribution is -2.42. The third kappa shape index (κ3) is 5.37. The van der Waals surface area contributed by atoms with Gasteiger partial charge in [-0.05, 0) is 96.3 Å². The van der Waals surface area contributed by atoms with Gasteiger partial charge in [0.25, 0.3) is 0 Å². The van der Waals surface area contributed by atoms with E-state index in [2.05, 4.69) is 193 Å². The molecule has 1 N–H and O–H groups in total. The van der Waals surface area contributed by atoms with Crippen molar-refractivity contribution in [3.05, 3.63) is 192 Å². The van der Waals surface area contributed by atoms with Gasteiger partial charge in [-0.25, -0.2) is 0 Å². The number of allylic oxidation sites excluding steroid dienone is 4. The number of fused-ring (bicyclic) bond motifs is 4. The predicted octanol–water partition coefficient (Wildman–Crippen LogP) is 10.4. The zero-order chi connectivity index (χ0) is 33.4.